The molecule has 8 heteroatoms. The molecule has 3 aromatic rings. The lowest BCUT2D eigenvalue weighted by molar-refractivity contribution is -0.140. The van der Waals surface area contributed by atoms with Crippen LogP contribution in [0.2, 0.25) is 0 Å². The second kappa shape index (κ2) is 10.1. The lowest BCUT2D eigenvalue weighted by Crippen LogP contribution is -2.42. The van der Waals surface area contributed by atoms with Gasteiger partial charge in [0.05, 0.1) is 30.5 Å². The molecule has 2 saturated heterocycles. The summed E-state index contributed by atoms with van der Waals surface area (Å²) in [5.41, 5.74) is 4.78. The van der Waals surface area contributed by atoms with E-state index in [2.05, 4.69) is 23.7 Å². The highest BCUT2D eigenvalue weighted by Gasteiger charge is 2.46. The number of ketones is 1. The Kier molecular flexibility index (Phi) is 6.88. The molecule has 5 rings (SSSR count). The number of aliphatic hydroxyl groups is 1. The number of aliphatic hydroxyl groups excluding tert-OH is 1. The maximum atomic E-state index is 13.5. The van der Waals surface area contributed by atoms with Gasteiger partial charge >= 0.3 is 0 Å². The van der Waals surface area contributed by atoms with E-state index in [-0.39, 0.29) is 11.3 Å². The fraction of sp³-hybridized carbons (Fsp3) is 0.414. The molecule has 8 nitrogen and oxygen atoms in total. The smallest absolute Gasteiger partial charge is 0.295 e. The van der Waals surface area contributed by atoms with Crippen LogP contribution in [0.4, 0.5) is 0 Å². The number of amides is 1. The number of imidazole rings is 1. The van der Waals surface area contributed by atoms with Crippen LogP contribution in [-0.2, 0) is 14.3 Å². The highest BCUT2D eigenvalue weighted by Crippen LogP contribution is 2.40. The molecule has 0 radical (unpaired) electrons. The van der Waals surface area contributed by atoms with E-state index in [1.165, 1.54) is 5.56 Å². The number of aromatic nitrogens is 2. The summed E-state index contributed by atoms with van der Waals surface area (Å²) in [4.78, 5) is 35.4. The molecule has 0 saturated carbocycles. The molecular formula is C29H34N4O4. The predicted octanol–water partition coefficient (Wildman–Crippen LogP) is 3.83. The van der Waals surface area contributed by atoms with Crippen LogP contribution >= 0.6 is 0 Å². The fourth-order valence-corrected chi connectivity index (χ4v) is 5.32. The number of ether oxygens (including phenoxy) is 1. The van der Waals surface area contributed by atoms with Crippen LogP contribution in [0, 0.1) is 13.8 Å². The van der Waals surface area contributed by atoms with Crippen LogP contribution in [0.1, 0.15) is 53.9 Å². The first-order valence-electron chi connectivity index (χ1n) is 12.9. The van der Waals surface area contributed by atoms with Gasteiger partial charge in [-0.1, -0.05) is 44.2 Å². The van der Waals surface area contributed by atoms with E-state index >= 15 is 0 Å². The second-order valence-electron chi connectivity index (χ2n) is 10.2. The summed E-state index contributed by atoms with van der Waals surface area (Å²) < 4.78 is 7.24. The van der Waals surface area contributed by atoms with Gasteiger partial charge in [-0.2, -0.15) is 0 Å². The van der Waals surface area contributed by atoms with Crippen molar-refractivity contribution in [2.24, 2.45) is 0 Å². The molecule has 1 amide bonds. The molecule has 2 fully saturated rings. The Morgan fingerprint density at radius 3 is 2.46 bits per heavy atom. The zero-order valence-electron chi connectivity index (χ0n) is 21.9. The zero-order valence-corrected chi connectivity index (χ0v) is 21.9. The Labute approximate surface area is 217 Å². The number of pyridine rings is 1. The SMILES string of the molecule is Cc1nc2c(C)cccn2c1C(O)=C1C(=O)C(=O)N(CCN2CCOCC2)[C@@H]1c1ccc(C(C)C)cc1. The minimum absolute atomic E-state index is 0.107. The largest absolute Gasteiger partial charge is 0.505 e. The van der Waals surface area contributed by atoms with Crippen LogP contribution < -0.4 is 0 Å². The lowest BCUT2D eigenvalue weighted by Gasteiger charge is -2.31. The number of hydrogen-bond acceptors (Lipinski definition) is 6. The lowest BCUT2D eigenvalue weighted by atomic mass is 9.94. The Morgan fingerprint density at radius 1 is 1.08 bits per heavy atom. The molecule has 1 atom stereocenters. The number of nitrogens with zero attached hydrogens (tertiary/aromatic N) is 4. The summed E-state index contributed by atoms with van der Waals surface area (Å²) in [5, 5.41) is 11.7. The molecule has 4 heterocycles. The normalized spacial score (nSPS) is 20.5. The predicted molar refractivity (Wildman–Crippen MR) is 141 cm³/mol. The summed E-state index contributed by atoms with van der Waals surface area (Å²) in [5.74, 6) is -1.10. The van der Waals surface area contributed by atoms with Crippen LogP contribution in [0.15, 0.2) is 48.2 Å². The third-order valence-corrected chi connectivity index (χ3v) is 7.46. The number of benzene rings is 1. The van der Waals surface area contributed by atoms with E-state index < -0.39 is 17.7 Å². The van der Waals surface area contributed by atoms with Crippen molar-refractivity contribution >= 4 is 23.1 Å². The van der Waals surface area contributed by atoms with E-state index in [1.807, 2.05) is 56.4 Å². The van der Waals surface area contributed by atoms with Gasteiger partial charge in [-0.25, -0.2) is 4.98 Å². The van der Waals surface area contributed by atoms with Crippen molar-refractivity contribution in [2.45, 2.75) is 39.7 Å². The van der Waals surface area contributed by atoms with Crippen LogP contribution in [0.5, 0.6) is 0 Å². The van der Waals surface area contributed by atoms with Gasteiger partial charge in [0.25, 0.3) is 11.7 Å². The quantitative estimate of drug-likeness (QED) is 0.313. The van der Waals surface area contributed by atoms with Gasteiger partial charge in [0.15, 0.2) is 5.76 Å². The highest BCUT2D eigenvalue weighted by molar-refractivity contribution is 6.46. The summed E-state index contributed by atoms with van der Waals surface area (Å²) in [6.07, 6.45) is 1.82. The van der Waals surface area contributed by atoms with E-state index in [0.29, 0.717) is 49.3 Å². The fourth-order valence-electron chi connectivity index (χ4n) is 5.32. The summed E-state index contributed by atoms with van der Waals surface area (Å²) in [7, 11) is 0. The van der Waals surface area contributed by atoms with Crippen molar-refractivity contribution in [3.8, 4) is 0 Å². The summed E-state index contributed by atoms with van der Waals surface area (Å²) in [6, 6.07) is 11.1. The summed E-state index contributed by atoms with van der Waals surface area (Å²) >= 11 is 0. The van der Waals surface area contributed by atoms with E-state index in [1.54, 1.807) is 9.30 Å². The van der Waals surface area contributed by atoms with Gasteiger partial charge in [0, 0.05) is 32.4 Å². The number of rotatable bonds is 6. The third-order valence-electron chi connectivity index (χ3n) is 7.46. The van der Waals surface area contributed by atoms with Gasteiger partial charge in [-0.05, 0) is 42.5 Å². The van der Waals surface area contributed by atoms with Crippen molar-refractivity contribution in [2.75, 3.05) is 39.4 Å². The second-order valence-corrected chi connectivity index (χ2v) is 10.2. The van der Waals surface area contributed by atoms with Crippen molar-refractivity contribution in [3.63, 3.8) is 0 Å². The van der Waals surface area contributed by atoms with E-state index in [4.69, 9.17) is 4.74 Å². The van der Waals surface area contributed by atoms with Gasteiger partial charge in [-0.3, -0.25) is 18.9 Å². The molecule has 37 heavy (non-hydrogen) atoms. The Bertz CT molecular complexity index is 1370. The molecule has 0 aliphatic carbocycles. The summed E-state index contributed by atoms with van der Waals surface area (Å²) in [6.45, 7) is 11.9. The van der Waals surface area contributed by atoms with Gasteiger partial charge in [-0.15, -0.1) is 0 Å². The number of carbonyl (C=O) groups is 2. The highest BCUT2D eigenvalue weighted by atomic mass is 16.5. The molecule has 2 aliphatic heterocycles. The number of morpholine rings is 1. The van der Waals surface area contributed by atoms with Gasteiger partial charge < -0.3 is 14.7 Å². The molecule has 1 aromatic carbocycles. The van der Waals surface area contributed by atoms with Gasteiger partial charge in [0.1, 0.15) is 11.3 Å². The van der Waals surface area contributed by atoms with Crippen molar-refractivity contribution in [1.82, 2.24) is 19.2 Å². The minimum Gasteiger partial charge on any atom is -0.505 e. The Balaban J connectivity index is 1.62. The van der Waals surface area contributed by atoms with Gasteiger partial charge in [0.2, 0.25) is 0 Å². The van der Waals surface area contributed by atoms with Crippen molar-refractivity contribution < 1.29 is 19.4 Å². The van der Waals surface area contributed by atoms with E-state index in [9.17, 15) is 14.7 Å². The molecule has 0 bridgehead atoms. The zero-order chi connectivity index (χ0) is 26.3. The van der Waals surface area contributed by atoms with Crippen LogP contribution in [0.25, 0.3) is 11.4 Å². The maximum Gasteiger partial charge on any atom is 0.295 e. The number of likely N-dealkylation sites (tertiary alicyclic amines) is 1. The number of fused-ring (bicyclic) bond motifs is 1. The first-order valence-corrected chi connectivity index (χ1v) is 12.9. The molecule has 194 valence electrons. The third kappa shape index (κ3) is 4.55. The van der Waals surface area contributed by atoms with Crippen LogP contribution in [-0.4, -0.2) is 75.4 Å². The molecule has 2 aliphatic rings. The first kappa shape index (κ1) is 25.2. The first-order chi connectivity index (χ1) is 17.8. The van der Waals surface area contributed by atoms with Crippen molar-refractivity contribution in [1.29, 1.82) is 0 Å². The standard InChI is InChI=1S/C29H34N4O4/c1-18(2)21-7-9-22(10-8-21)25-23(26(34)24-20(4)30-28-19(3)6-5-11-32(24)28)27(35)29(36)33(25)13-12-31-14-16-37-17-15-31/h5-11,18,25,34H,12-17H2,1-4H3/t25-/m1/s1. The number of Topliss-reactive ketones (excluding diaryl/α,β-unsaturated/α-hetero) is 1. The molecule has 0 spiro atoms. The van der Waals surface area contributed by atoms with E-state index in [0.717, 1.165) is 24.2 Å². The number of carbonyl (C=O) groups excluding carboxylic acids is 2. The average Bonchev–Trinajstić information content (AvgIpc) is 3.37. The monoisotopic (exact) mass is 502 g/mol. The Morgan fingerprint density at radius 2 is 1.78 bits per heavy atom. The molecular weight excluding hydrogens is 468 g/mol. The minimum atomic E-state index is -0.683. The topological polar surface area (TPSA) is 87.4 Å². The van der Waals surface area contributed by atoms with Crippen LogP contribution in [0.3, 0.4) is 0 Å². The molecule has 2 aromatic heterocycles. The number of aryl methyl sites for hydroxylation is 2. The van der Waals surface area contributed by atoms with Crippen molar-refractivity contribution in [3.05, 3.63) is 76.2 Å². The maximum absolute atomic E-state index is 13.5. The average molecular weight is 503 g/mol. The number of hydrogen-bond donors (Lipinski definition) is 1. The molecule has 0 unspecified atom stereocenters. The molecule has 1 N–H and O–H groups in total. The Hall–Kier alpha value is -3.49.